The summed E-state index contributed by atoms with van der Waals surface area (Å²) in [6.07, 6.45) is 0. The highest BCUT2D eigenvalue weighted by Gasteiger charge is 2.17. The monoisotopic (exact) mass is 334 g/mol. The number of azide groups is 1. The van der Waals surface area contributed by atoms with E-state index in [1.54, 1.807) is 12.1 Å². The van der Waals surface area contributed by atoms with Crippen LogP contribution in [0, 0.1) is 0 Å². The maximum Gasteiger partial charge on any atom is 0.262 e. The van der Waals surface area contributed by atoms with Crippen molar-refractivity contribution in [2.24, 2.45) is 5.11 Å². The third kappa shape index (κ3) is 3.85. The minimum atomic E-state index is -3.82. The van der Waals surface area contributed by atoms with E-state index in [0.717, 1.165) is 0 Å². The molecule has 0 aromatic heterocycles. The molecule has 2 aromatic rings. The molecular formula is C14H14N4O4S. The molecule has 0 heterocycles. The number of benzene rings is 2. The first kappa shape index (κ1) is 16.5. The Kier molecular flexibility index (Phi) is 4.95. The first-order valence-corrected chi connectivity index (χ1v) is 7.88. The van der Waals surface area contributed by atoms with Gasteiger partial charge < -0.3 is 9.47 Å². The first-order valence-electron chi connectivity index (χ1n) is 6.40. The largest absolute Gasteiger partial charge is 0.497 e. The molecule has 0 spiro atoms. The van der Waals surface area contributed by atoms with Gasteiger partial charge in [-0.1, -0.05) is 17.2 Å². The molecule has 0 radical (unpaired) electrons. The van der Waals surface area contributed by atoms with Crippen molar-refractivity contribution in [2.75, 3.05) is 18.9 Å². The molecule has 2 rings (SSSR count). The number of rotatable bonds is 6. The van der Waals surface area contributed by atoms with Crippen molar-refractivity contribution in [3.05, 3.63) is 52.9 Å². The minimum Gasteiger partial charge on any atom is -0.497 e. The van der Waals surface area contributed by atoms with Gasteiger partial charge in [-0.15, -0.1) is 0 Å². The highest BCUT2D eigenvalue weighted by molar-refractivity contribution is 7.92. The Hall–Kier alpha value is -2.90. The lowest BCUT2D eigenvalue weighted by molar-refractivity contribution is 0.405. The average Bonchev–Trinajstić information content (AvgIpc) is 2.55. The van der Waals surface area contributed by atoms with Gasteiger partial charge >= 0.3 is 0 Å². The molecule has 0 saturated heterocycles. The Balaban J connectivity index is 2.35. The van der Waals surface area contributed by atoms with Crippen molar-refractivity contribution in [1.82, 2.24) is 0 Å². The normalized spacial score (nSPS) is 10.5. The van der Waals surface area contributed by atoms with E-state index in [2.05, 4.69) is 14.7 Å². The summed E-state index contributed by atoms with van der Waals surface area (Å²) in [4.78, 5) is 2.66. The molecule has 0 saturated carbocycles. The molecule has 0 fully saturated rings. The summed E-state index contributed by atoms with van der Waals surface area (Å²) in [5, 5.41) is 3.39. The third-order valence-electron chi connectivity index (χ3n) is 2.96. The topological polar surface area (TPSA) is 113 Å². The molecule has 0 unspecified atom stereocenters. The molecule has 0 atom stereocenters. The van der Waals surface area contributed by atoms with E-state index in [4.69, 9.17) is 15.0 Å². The van der Waals surface area contributed by atoms with Crippen molar-refractivity contribution < 1.29 is 17.9 Å². The number of hydrogen-bond donors (Lipinski definition) is 1. The molecule has 2 aromatic carbocycles. The third-order valence-corrected chi connectivity index (χ3v) is 4.34. The second-order valence-corrected chi connectivity index (χ2v) is 6.04. The summed E-state index contributed by atoms with van der Waals surface area (Å²) in [6, 6.07) is 10.3. The highest BCUT2D eigenvalue weighted by Crippen LogP contribution is 2.31. The molecule has 0 bridgehead atoms. The number of anilines is 1. The van der Waals surface area contributed by atoms with Gasteiger partial charge in [0.25, 0.3) is 10.0 Å². The molecule has 0 aliphatic heterocycles. The molecule has 0 aliphatic rings. The number of sulfonamides is 1. The molecular weight excluding hydrogens is 320 g/mol. The van der Waals surface area contributed by atoms with Crippen molar-refractivity contribution in [2.45, 2.75) is 4.90 Å². The van der Waals surface area contributed by atoms with E-state index in [1.165, 1.54) is 44.6 Å². The van der Waals surface area contributed by atoms with E-state index in [0.29, 0.717) is 17.2 Å². The summed E-state index contributed by atoms with van der Waals surface area (Å²) in [7, 11) is -0.903. The Morgan fingerprint density at radius 1 is 1.09 bits per heavy atom. The molecule has 0 aliphatic carbocycles. The van der Waals surface area contributed by atoms with E-state index in [9.17, 15) is 8.42 Å². The Morgan fingerprint density at radius 3 is 2.35 bits per heavy atom. The van der Waals surface area contributed by atoms with E-state index < -0.39 is 10.0 Å². The van der Waals surface area contributed by atoms with Crippen LogP contribution in [0.15, 0.2) is 52.5 Å². The van der Waals surface area contributed by atoms with Crippen molar-refractivity contribution in [3.63, 3.8) is 0 Å². The van der Waals surface area contributed by atoms with Gasteiger partial charge in [-0.05, 0) is 29.8 Å². The van der Waals surface area contributed by atoms with E-state index >= 15 is 0 Å². The van der Waals surface area contributed by atoms with Crippen LogP contribution < -0.4 is 14.2 Å². The standard InChI is InChI=1S/C14H14N4O4S/c1-21-11-5-8-14(22-2)13(9-11)17-23(19,20)12-6-3-10(4-7-12)16-18-15/h3-9,17H,1-2H3. The Bertz CT molecular complexity index is 844. The first-order chi connectivity index (χ1) is 11.0. The van der Waals surface area contributed by atoms with Crippen LogP contribution in [-0.2, 0) is 10.0 Å². The number of hydrogen-bond acceptors (Lipinski definition) is 5. The number of ether oxygens (including phenoxy) is 2. The summed E-state index contributed by atoms with van der Waals surface area (Å²) < 4.78 is 37.5. The number of methoxy groups -OCH3 is 2. The van der Waals surface area contributed by atoms with Crippen LogP contribution >= 0.6 is 0 Å². The van der Waals surface area contributed by atoms with Crippen LogP contribution in [0.1, 0.15) is 0 Å². The van der Waals surface area contributed by atoms with Gasteiger partial charge in [0.15, 0.2) is 0 Å². The van der Waals surface area contributed by atoms with Crippen molar-refractivity contribution in [1.29, 1.82) is 0 Å². The lowest BCUT2D eigenvalue weighted by atomic mass is 10.3. The second kappa shape index (κ2) is 6.91. The van der Waals surface area contributed by atoms with Crippen LogP contribution in [0.2, 0.25) is 0 Å². The van der Waals surface area contributed by atoms with Gasteiger partial charge in [-0.25, -0.2) is 8.42 Å². The fraction of sp³-hybridized carbons (Fsp3) is 0.143. The fourth-order valence-corrected chi connectivity index (χ4v) is 2.90. The summed E-state index contributed by atoms with van der Waals surface area (Å²) in [6.45, 7) is 0. The van der Waals surface area contributed by atoms with Crippen molar-refractivity contribution in [3.8, 4) is 11.5 Å². The predicted octanol–water partition coefficient (Wildman–Crippen LogP) is 3.45. The quantitative estimate of drug-likeness (QED) is 0.495. The lowest BCUT2D eigenvalue weighted by Gasteiger charge is -2.13. The molecule has 0 amide bonds. The van der Waals surface area contributed by atoms with Gasteiger partial charge in [0, 0.05) is 16.7 Å². The minimum absolute atomic E-state index is 0.0271. The Labute approximate surface area is 133 Å². The van der Waals surface area contributed by atoms with Crippen molar-refractivity contribution >= 4 is 21.4 Å². The molecule has 1 N–H and O–H groups in total. The van der Waals surface area contributed by atoms with Crippen LogP contribution in [0.4, 0.5) is 11.4 Å². The maximum absolute atomic E-state index is 12.4. The SMILES string of the molecule is COc1ccc(OC)c(NS(=O)(=O)c2ccc(N=[N+]=[N-])cc2)c1. The lowest BCUT2D eigenvalue weighted by Crippen LogP contribution is -2.13. The maximum atomic E-state index is 12.4. The fourth-order valence-electron chi connectivity index (χ4n) is 1.84. The number of nitrogens with zero attached hydrogens (tertiary/aromatic N) is 3. The summed E-state index contributed by atoms with van der Waals surface area (Å²) in [5.74, 6) is 0.849. The van der Waals surface area contributed by atoms with Gasteiger partial charge in [0.05, 0.1) is 24.8 Å². The van der Waals surface area contributed by atoms with Gasteiger partial charge in [-0.2, -0.15) is 0 Å². The predicted molar refractivity (Wildman–Crippen MR) is 85.6 cm³/mol. The smallest absolute Gasteiger partial charge is 0.262 e. The molecule has 9 heteroatoms. The van der Waals surface area contributed by atoms with Crippen LogP contribution in [-0.4, -0.2) is 22.6 Å². The summed E-state index contributed by atoms with van der Waals surface area (Å²) in [5.41, 5.74) is 8.93. The van der Waals surface area contributed by atoms with Crippen LogP contribution in [0.3, 0.4) is 0 Å². The zero-order valence-corrected chi connectivity index (χ0v) is 13.2. The summed E-state index contributed by atoms with van der Waals surface area (Å²) >= 11 is 0. The Morgan fingerprint density at radius 2 is 1.78 bits per heavy atom. The van der Waals surface area contributed by atoms with Gasteiger partial charge in [0.1, 0.15) is 11.5 Å². The number of nitrogens with one attached hydrogen (secondary N) is 1. The molecule has 8 nitrogen and oxygen atoms in total. The zero-order chi connectivity index (χ0) is 16.9. The van der Waals surface area contributed by atoms with E-state index in [-0.39, 0.29) is 10.6 Å². The second-order valence-electron chi connectivity index (χ2n) is 4.36. The highest BCUT2D eigenvalue weighted by atomic mass is 32.2. The molecule has 120 valence electrons. The average molecular weight is 334 g/mol. The van der Waals surface area contributed by atoms with Crippen LogP contribution in [0.25, 0.3) is 10.4 Å². The zero-order valence-electron chi connectivity index (χ0n) is 12.4. The van der Waals surface area contributed by atoms with E-state index in [1.807, 2.05) is 0 Å². The van der Waals surface area contributed by atoms with Crippen LogP contribution in [0.5, 0.6) is 11.5 Å². The van der Waals surface area contributed by atoms with Gasteiger partial charge in [-0.3, -0.25) is 4.72 Å². The van der Waals surface area contributed by atoms with Gasteiger partial charge in [0.2, 0.25) is 0 Å². The molecule has 23 heavy (non-hydrogen) atoms.